The topological polar surface area (TPSA) is 42.7 Å². The summed E-state index contributed by atoms with van der Waals surface area (Å²) in [5.41, 5.74) is 0. The summed E-state index contributed by atoms with van der Waals surface area (Å²) in [5.74, 6) is 3.47. The molecule has 1 aromatic rings. The predicted octanol–water partition coefficient (Wildman–Crippen LogP) is 0.639. The molecule has 1 atom stereocenters. The van der Waals surface area contributed by atoms with Crippen molar-refractivity contribution in [3.05, 3.63) is 6.20 Å². The minimum Gasteiger partial charge on any atom is -0.366 e. The summed E-state index contributed by atoms with van der Waals surface area (Å²) in [7, 11) is 1.83. The van der Waals surface area contributed by atoms with E-state index in [0.717, 1.165) is 5.82 Å². The van der Waals surface area contributed by atoms with Crippen LogP contribution in [0.2, 0.25) is 0 Å². The molecule has 12 heavy (non-hydrogen) atoms. The smallest absolute Gasteiger partial charge is 0.144 e. The van der Waals surface area contributed by atoms with E-state index < -0.39 is 0 Å². The summed E-state index contributed by atoms with van der Waals surface area (Å²) in [5, 5.41) is 10.7. The number of aromatic nitrogens is 3. The van der Waals surface area contributed by atoms with Crippen LogP contribution in [-0.4, -0.2) is 21.0 Å². The lowest BCUT2D eigenvalue weighted by Crippen LogP contribution is -2.16. The lowest BCUT2D eigenvalue weighted by molar-refractivity contribution is 0.704. The Balaban J connectivity index is 2.53. The van der Waals surface area contributed by atoms with Crippen molar-refractivity contribution in [2.24, 2.45) is 7.05 Å². The van der Waals surface area contributed by atoms with E-state index in [-0.39, 0.29) is 6.04 Å². The van der Waals surface area contributed by atoms with Crippen LogP contribution in [0, 0.1) is 12.3 Å². The molecule has 0 aliphatic carbocycles. The van der Waals surface area contributed by atoms with Crippen LogP contribution in [0.1, 0.15) is 13.3 Å². The van der Waals surface area contributed by atoms with Gasteiger partial charge in [-0.3, -0.25) is 0 Å². The molecule has 4 heteroatoms. The van der Waals surface area contributed by atoms with E-state index in [9.17, 15) is 0 Å². The zero-order valence-corrected chi connectivity index (χ0v) is 7.28. The molecule has 0 amide bonds. The van der Waals surface area contributed by atoms with Crippen LogP contribution in [0.3, 0.4) is 0 Å². The van der Waals surface area contributed by atoms with Crippen LogP contribution in [-0.2, 0) is 7.05 Å². The Morgan fingerprint density at radius 2 is 2.58 bits per heavy atom. The van der Waals surface area contributed by atoms with Gasteiger partial charge in [-0.25, -0.2) is 4.68 Å². The third-order valence-corrected chi connectivity index (χ3v) is 1.53. The van der Waals surface area contributed by atoms with Crippen molar-refractivity contribution in [3.63, 3.8) is 0 Å². The quantitative estimate of drug-likeness (QED) is 0.666. The summed E-state index contributed by atoms with van der Waals surface area (Å²) in [6.45, 7) is 2.02. The SMILES string of the molecule is C#CCC(C)Nc1cnnn1C. The number of nitrogens with one attached hydrogen (secondary N) is 1. The van der Waals surface area contributed by atoms with Gasteiger partial charge in [0.25, 0.3) is 0 Å². The van der Waals surface area contributed by atoms with Crippen molar-refractivity contribution in [1.82, 2.24) is 15.0 Å². The first kappa shape index (κ1) is 8.60. The van der Waals surface area contributed by atoms with Crippen LogP contribution in [0.4, 0.5) is 5.82 Å². The van der Waals surface area contributed by atoms with Crippen molar-refractivity contribution >= 4 is 5.82 Å². The zero-order valence-electron chi connectivity index (χ0n) is 7.28. The first-order chi connectivity index (χ1) is 5.74. The second kappa shape index (κ2) is 3.77. The highest BCUT2D eigenvalue weighted by Crippen LogP contribution is 2.04. The Bertz CT molecular complexity index is 283. The molecule has 0 saturated heterocycles. The normalized spacial score (nSPS) is 12.1. The Morgan fingerprint density at radius 1 is 1.83 bits per heavy atom. The van der Waals surface area contributed by atoms with Gasteiger partial charge in [0, 0.05) is 19.5 Å². The number of anilines is 1. The highest BCUT2D eigenvalue weighted by Gasteiger charge is 2.02. The average molecular weight is 164 g/mol. The van der Waals surface area contributed by atoms with Crippen molar-refractivity contribution in [2.75, 3.05) is 5.32 Å². The van der Waals surface area contributed by atoms with E-state index in [1.165, 1.54) is 0 Å². The van der Waals surface area contributed by atoms with E-state index >= 15 is 0 Å². The van der Waals surface area contributed by atoms with Gasteiger partial charge in [-0.1, -0.05) is 5.21 Å². The maximum Gasteiger partial charge on any atom is 0.144 e. The summed E-state index contributed by atoms with van der Waals surface area (Å²) in [6.07, 6.45) is 7.54. The molecule has 0 radical (unpaired) electrons. The zero-order chi connectivity index (χ0) is 8.97. The molecule has 0 aromatic carbocycles. The van der Waals surface area contributed by atoms with Crippen LogP contribution in [0.15, 0.2) is 6.20 Å². The van der Waals surface area contributed by atoms with Crippen molar-refractivity contribution in [1.29, 1.82) is 0 Å². The molecule has 64 valence electrons. The second-order valence-corrected chi connectivity index (χ2v) is 2.70. The maximum absolute atomic E-state index is 5.17. The van der Waals surface area contributed by atoms with E-state index in [1.807, 2.05) is 14.0 Å². The van der Waals surface area contributed by atoms with Gasteiger partial charge in [-0.2, -0.15) is 0 Å². The largest absolute Gasteiger partial charge is 0.366 e. The van der Waals surface area contributed by atoms with Gasteiger partial charge >= 0.3 is 0 Å². The Labute approximate surface area is 72.0 Å². The number of aryl methyl sites for hydroxylation is 1. The van der Waals surface area contributed by atoms with Gasteiger partial charge in [0.2, 0.25) is 0 Å². The fourth-order valence-electron chi connectivity index (χ4n) is 0.901. The predicted molar refractivity (Wildman–Crippen MR) is 47.5 cm³/mol. The van der Waals surface area contributed by atoms with Crippen LogP contribution >= 0.6 is 0 Å². The second-order valence-electron chi connectivity index (χ2n) is 2.70. The molecule has 0 aliphatic heterocycles. The van der Waals surface area contributed by atoms with E-state index in [0.29, 0.717) is 6.42 Å². The minimum absolute atomic E-state index is 0.257. The van der Waals surface area contributed by atoms with Gasteiger partial charge in [-0.05, 0) is 6.92 Å². The summed E-state index contributed by atoms with van der Waals surface area (Å²) in [6, 6.07) is 0.257. The number of nitrogens with zero attached hydrogens (tertiary/aromatic N) is 3. The fraction of sp³-hybridized carbons (Fsp3) is 0.500. The molecule has 4 nitrogen and oxygen atoms in total. The molecule has 0 fully saturated rings. The molecular formula is C8H12N4. The van der Waals surface area contributed by atoms with Crippen LogP contribution in [0.25, 0.3) is 0 Å². The Morgan fingerprint density at radius 3 is 3.08 bits per heavy atom. The number of rotatable bonds is 3. The molecule has 1 N–H and O–H groups in total. The van der Waals surface area contributed by atoms with Crippen molar-refractivity contribution < 1.29 is 0 Å². The monoisotopic (exact) mass is 164 g/mol. The van der Waals surface area contributed by atoms with Gasteiger partial charge in [0.05, 0.1) is 6.20 Å². The molecule has 0 saturated carbocycles. The molecule has 0 bridgehead atoms. The van der Waals surface area contributed by atoms with E-state index in [2.05, 4.69) is 21.5 Å². The average Bonchev–Trinajstić information content (AvgIpc) is 2.37. The van der Waals surface area contributed by atoms with Gasteiger partial charge in [0.15, 0.2) is 0 Å². The molecule has 0 aliphatic rings. The lowest BCUT2D eigenvalue weighted by Gasteiger charge is -2.10. The third kappa shape index (κ3) is 1.99. The first-order valence-electron chi connectivity index (χ1n) is 3.78. The fourth-order valence-corrected chi connectivity index (χ4v) is 0.901. The highest BCUT2D eigenvalue weighted by atomic mass is 15.4. The van der Waals surface area contributed by atoms with Gasteiger partial charge in [-0.15, -0.1) is 17.4 Å². The molecule has 1 heterocycles. The van der Waals surface area contributed by atoms with Gasteiger partial charge < -0.3 is 5.32 Å². The molecule has 0 spiro atoms. The summed E-state index contributed by atoms with van der Waals surface area (Å²) in [4.78, 5) is 0. The van der Waals surface area contributed by atoms with Crippen molar-refractivity contribution in [2.45, 2.75) is 19.4 Å². The van der Waals surface area contributed by atoms with Crippen LogP contribution in [0.5, 0.6) is 0 Å². The van der Waals surface area contributed by atoms with Crippen LogP contribution < -0.4 is 5.32 Å². The molecule has 1 rings (SSSR count). The molecule has 1 aromatic heterocycles. The number of hydrogen-bond donors (Lipinski definition) is 1. The minimum atomic E-state index is 0.257. The molecule has 1 unspecified atom stereocenters. The highest BCUT2D eigenvalue weighted by molar-refractivity contribution is 5.32. The van der Waals surface area contributed by atoms with Crippen molar-refractivity contribution in [3.8, 4) is 12.3 Å². The van der Waals surface area contributed by atoms with Gasteiger partial charge in [0.1, 0.15) is 5.82 Å². The Kier molecular flexibility index (Phi) is 2.70. The maximum atomic E-state index is 5.17. The summed E-state index contributed by atoms with van der Waals surface area (Å²) >= 11 is 0. The number of terminal acetylenes is 1. The van der Waals surface area contributed by atoms with E-state index in [4.69, 9.17) is 6.42 Å². The standard InChI is InChI=1S/C8H12N4/c1-4-5-7(2)10-8-6-9-11-12(8)3/h1,6-7,10H,5H2,2-3H3. The van der Waals surface area contributed by atoms with E-state index in [1.54, 1.807) is 10.9 Å². The summed E-state index contributed by atoms with van der Waals surface area (Å²) < 4.78 is 1.67. The third-order valence-electron chi connectivity index (χ3n) is 1.53. The molecular weight excluding hydrogens is 152 g/mol. The Hall–Kier alpha value is -1.50. The lowest BCUT2D eigenvalue weighted by atomic mass is 10.2. The first-order valence-corrected chi connectivity index (χ1v) is 3.78. The number of hydrogen-bond acceptors (Lipinski definition) is 3.